The molecule has 4 rings (SSSR count). The smallest absolute Gasteiger partial charge is 0.261 e. The number of carbonyl (C=O) groups excluding carboxylic acids is 1. The quantitative estimate of drug-likeness (QED) is 0.411. The van der Waals surface area contributed by atoms with Crippen molar-refractivity contribution >= 4 is 27.3 Å². The van der Waals surface area contributed by atoms with Crippen molar-refractivity contribution in [2.75, 3.05) is 10.0 Å². The standard InChI is InChI=1S/C24H29N5O4S/c1-4-15(2)20(25)22-27-21(28-33-22)16-8-10-19(11-9-16)34(31,32)29-18-7-5-6-17(14-18)26-23(30)24(3)12-13-24/h5-11,14-15,20,29H,4,12-13,25H2,1-3H3,(H,26,30)/t15-,20-/m0/s1. The Labute approximate surface area is 199 Å². The molecule has 1 aromatic heterocycles. The number of hydrogen-bond acceptors (Lipinski definition) is 7. The number of carbonyl (C=O) groups is 1. The largest absolute Gasteiger partial charge is 0.337 e. The van der Waals surface area contributed by atoms with E-state index in [1.165, 1.54) is 12.1 Å². The van der Waals surface area contributed by atoms with E-state index in [4.69, 9.17) is 10.3 Å². The number of amides is 1. The van der Waals surface area contributed by atoms with Crippen LogP contribution >= 0.6 is 0 Å². The zero-order valence-electron chi connectivity index (χ0n) is 19.4. The highest BCUT2D eigenvalue weighted by molar-refractivity contribution is 7.92. The van der Waals surface area contributed by atoms with Crippen LogP contribution in [0.3, 0.4) is 0 Å². The average molecular weight is 484 g/mol. The number of rotatable bonds is 9. The summed E-state index contributed by atoms with van der Waals surface area (Å²) >= 11 is 0. The fourth-order valence-electron chi connectivity index (χ4n) is 3.34. The van der Waals surface area contributed by atoms with Crippen LogP contribution in [0.4, 0.5) is 11.4 Å². The van der Waals surface area contributed by atoms with Gasteiger partial charge in [-0.3, -0.25) is 9.52 Å². The molecule has 0 spiro atoms. The number of nitrogens with two attached hydrogens (primary N) is 1. The van der Waals surface area contributed by atoms with Gasteiger partial charge in [0.05, 0.1) is 16.6 Å². The van der Waals surface area contributed by atoms with E-state index >= 15 is 0 Å². The molecule has 34 heavy (non-hydrogen) atoms. The number of aromatic nitrogens is 2. The summed E-state index contributed by atoms with van der Waals surface area (Å²) in [5, 5.41) is 6.82. The molecule has 1 heterocycles. The van der Waals surface area contributed by atoms with Crippen LogP contribution in [0.2, 0.25) is 0 Å². The van der Waals surface area contributed by atoms with Gasteiger partial charge in [0.2, 0.25) is 17.6 Å². The van der Waals surface area contributed by atoms with Gasteiger partial charge in [0.1, 0.15) is 0 Å². The third kappa shape index (κ3) is 5.13. The fraction of sp³-hybridized carbons (Fsp3) is 0.375. The molecule has 1 aliphatic rings. The lowest BCUT2D eigenvalue weighted by Gasteiger charge is -2.13. The SMILES string of the molecule is CC[C@H](C)[C@H](N)c1nc(-c2ccc(S(=O)(=O)Nc3cccc(NC(=O)C4(C)CC4)c3)cc2)no1. The number of anilines is 2. The summed E-state index contributed by atoms with van der Waals surface area (Å²) in [7, 11) is -3.84. The van der Waals surface area contributed by atoms with Crippen LogP contribution in [-0.2, 0) is 14.8 Å². The van der Waals surface area contributed by atoms with E-state index in [2.05, 4.69) is 20.2 Å². The summed E-state index contributed by atoms with van der Waals surface area (Å²) in [6.07, 6.45) is 2.60. The first-order chi connectivity index (χ1) is 16.1. The van der Waals surface area contributed by atoms with Crippen molar-refractivity contribution in [1.29, 1.82) is 0 Å². The van der Waals surface area contributed by atoms with E-state index in [9.17, 15) is 13.2 Å². The predicted octanol–water partition coefficient (Wildman–Crippen LogP) is 4.32. The minimum atomic E-state index is -3.84. The summed E-state index contributed by atoms with van der Waals surface area (Å²) in [6, 6.07) is 12.5. The van der Waals surface area contributed by atoms with Gasteiger partial charge in [0, 0.05) is 16.7 Å². The molecular weight excluding hydrogens is 454 g/mol. The molecule has 2 atom stereocenters. The van der Waals surface area contributed by atoms with Gasteiger partial charge in [-0.25, -0.2) is 8.42 Å². The van der Waals surface area contributed by atoms with E-state index in [-0.39, 0.29) is 28.2 Å². The van der Waals surface area contributed by atoms with Crippen molar-refractivity contribution in [3.05, 3.63) is 54.4 Å². The highest BCUT2D eigenvalue weighted by Crippen LogP contribution is 2.45. The van der Waals surface area contributed by atoms with Crippen LogP contribution in [0.1, 0.15) is 52.0 Å². The molecule has 2 aromatic carbocycles. The van der Waals surface area contributed by atoms with E-state index in [0.29, 0.717) is 28.7 Å². The van der Waals surface area contributed by atoms with Crippen molar-refractivity contribution in [3.63, 3.8) is 0 Å². The molecule has 10 heteroatoms. The number of nitrogens with zero attached hydrogens (tertiary/aromatic N) is 2. The van der Waals surface area contributed by atoms with E-state index in [1.807, 2.05) is 20.8 Å². The molecule has 4 N–H and O–H groups in total. The molecule has 0 unspecified atom stereocenters. The van der Waals surface area contributed by atoms with Crippen molar-refractivity contribution < 1.29 is 17.7 Å². The van der Waals surface area contributed by atoms with Crippen molar-refractivity contribution in [2.24, 2.45) is 17.1 Å². The Morgan fingerprint density at radius 1 is 1.18 bits per heavy atom. The maximum absolute atomic E-state index is 12.9. The van der Waals surface area contributed by atoms with Crippen LogP contribution in [0, 0.1) is 11.3 Å². The van der Waals surface area contributed by atoms with Crippen LogP contribution in [-0.4, -0.2) is 24.5 Å². The maximum Gasteiger partial charge on any atom is 0.261 e. The molecule has 1 saturated carbocycles. The van der Waals surface area contributed by atoms with Gasteiger partial charge in [0.15, 0.2) is 0 Å². The number of benzene rings is 2. The summed E-state index contributed by atoms with van der Waals surface area (Å²) in [6.45, 7) is 5.96. The minimum Gasteiger partial charge on any atom is -0.337 e. The Kier molecular flexibility index (Phi) is 6.46. The first kappa shape index (κ1) is 23.9. The Morgan fingerprint density at radius 3 is 2.50 bits per heavy atom. The van der Waals surface area contributed by atoms with Gasteiger partial charge < -0.3 is 15.6 Å². The summed E-state index contributed by atoms with van der Waals surface area (Å²) in [5.41, 5.74) is 7.33. The second kappa shape index (κ2) is 9.19. The van der Waals surface area contributed by atoms with Gasteiger partial charge in [-0.2, -0.15) is 4.98 Å². The summed E-state index contributed by atoms with van der Waals surface area (Å²) in [4.78, 5) is 16.7. The second-order valence-corrected chi connectivity index (χ2v) is 10.8. The minimum absolute atomic E-state index is 0.0576. The molecule has 3 aromatic rings. The first-order valence-electron chi connectivity index (χ1n) is 11.3. The second-order valence-electron chi connectivity index (χ2n) is 9.09. The average Bonchev–Trinajstić information content (AvgIpc) is 3.39. The zero-order valence-corrected chi connectivity index (χ0v) is 20.2. The van der Waals surface area contributed by atoms with E-state index in [1.54, 1.807) is 36.4 Å². The molecule has 180 valence electrons. The van der Waals surface area contributed by atoms with E-state index in [0.717, 1.165) is 19.3 Å². The Balaban J connectivity index is 1.46. The van der Waals surface area contributed by atoms with Gasteiger partial charge in [0.25, 0.3) is 10.0 Å². The summed E-state index contributed by atoms with van der Waals surface area (Å²) in [5.74, 6) is 0.831. The van der Waals surface area contributed by atoms with Gasteiger partial charge >= 0.3 is 0 Å². The molecule has 0 aliphatic heterocycles. The zero-order chi connectivity index (χ0) is 24.5. The third-order valence-electron chi connectivity index (χ3n) is 6.33. The van der Waals surface area contributed by atoms with Crippen molar-refractivity contribution in [2.45, 2.75) is 51.0 Å². The Morgan fingerprint density at radius 2 is 1.85 bits per heavy atom. The summed E-state index contributed by atoms with van der Waals surface area (Å²) < 4.78 is 33.6. The van der Waals surface area contributed by atoms with Crippen LogP contribution in [0.5, 0.6) is 0 Å². The fourth-order valence-corrected chi connectivity index (χ4v) is 4.39. The lowest BCUT2D eigenvalue weighted by atomic mass is 10.0. The molecule has 9 nitrogen and oxygen atoms in total. The number of hydrogen-bond donors (Lipinski definition) is 3. The molecule has 0 bridgehead atoms. The number of sulfonamides is 1. The monoisotopic (exact) mass is 483 g/mol. The van der Waals surface area contributed by atoms with Crippen LogP contribution < -0.4 is 15.8 Å². The first-order valence-corrected chi connectivity index (χ1v) is 12.7. The topological polar surface area (TPSA) is 140 Å². The van der Waals surface area contributed by atoms with E-state index < -0.39 is 10.0 Å². The Hall–Kier alpha value is -3.24. The normalized spacial score (nSPS) is 16.5. The highest BCUT2D eigenvalue weighted by atomic mass is 32.2. The highest BCUT2D eigenvalue weighted by Gasteiger charge is 2.44. The Bertz CT molecular complexity index is 1280. The molecular formula is C24H29N5O4S. The van der Waals surface area contributed by atoms with Crippen LogP contribution in [0.15, 0.2) is 57.9 Å². The lowest BCUT2D eigenvalue weighted by molar-refractivity contribution is -0.120. The molecule has 1 amide bonds. The van der Waals surface area contributed by atoms with Crippen molar-refractivity contribution in [3.8, 4) is 11.4 Å². The molecule has 1 aliphatic carbocycles. The van der Waals surface area contributed by atoms with Gasteiger partial charge in [-0.1, -0.05) is 38.4 Å². The van der Waals surface area contributed by atoms with Gasteiger partial charge in [-0.05, 0) is 61.2 Å². The number of nitrogens with one attached hydrogen (secondary N) is 2. The third-order valence-corrected chi connectivity index (χ3v) is 7.72. The van der Waals surface area contributed by atoms with Crippen molar-refractivity contribution in [1.82, 2.24) is 10.1 Å². The molecule has 0 radical (unpaired) electrons. The lowest BCUT2D eigenvalue weighted by Crippen LogP contribution is -2.21. The predicted molar refractivity (Wildman–Crippen MR) is 129 cm³/mol. The van der Waals surface area contributed by atoms with Gasteiger partial charge in [-0.15, -0.1) is 0 Å². The maximum atomic E-state index is 12.9. The molecule has 0 saturated heterocycles. The van der Waals surface area contributed by atoms with Crippen LogP contribution in [0.25, 0.3) is 11.4 Å². The molecule has 1 fully saturated rings.